The van der Waals surface area contributed by atoms with E-state index in [0.717, 1.165) is 21.8 Å². The van der Waals surface area contributed by atoms with Gasteiger partial charge in [-0.05, 0) is 36.2 Å². The van der Waals surface area contributed by atoms with Crippen molar-refractivity contribution in [3.8, 4) is 0 Å². The Morgan fingerprint density at radius 3 is 2.55 bits per heavy atom. The van der Waals surface area contributed by atoms with Crippen LogP contribution in [-0.4, -0.2) is 5.96 Å². The van der Waals surface area contributed by atoms with Gasteiger partial charge in [0.05, 0.1) is 6.54 Å². The van der Waals surface area contributed by atoms with Crippen molar-refractivity contribution in [1.29, 1.82) is 0 Å². The predicted molar refractivity (Wildman–Crippen MR) is 97.0 cm³/mol. The Hall–Kier alpha value is -1.27. The van der Waals surface area contributed by atoms with Crippen LogP contribution in [0, 0.1) is 6.92 Å². The summed E-state index contributed by atoms with van der Waals surface area (Å²) in [6.07, 6.45) is 0. The molecular weight excluding hydrogens is 385 g/mol. The van der Waals surface area contributed by atoms with E-state index in [0.29, 0.717) is 12.5 Å². The molecule has 2 rings (SSSR count). The number of hydrogen-bond donors (Lipinski definition) is 2. The molecule has 2 aromatic carbocycles. The van der Waals surface area contributed by atoms with E-state index >= 15 is 0 Å². The second kappa shape index (κ2) is 8.11. The van der Waals surface area contributed by atoms with E-state index in [-0.39, 0.29) is 24.0 Å². The van der Waals surface area contributed by atoms with Gasteiger partial charge in [-0.25, -0.2) is 4.99 Å². The Morgan fingerprint density at radius 2 is 1.90 bits per heavy atom. The number of aryl methyl sites for hydroxylation is 1. The van der Waals surface area contributed by atoms with Crippen molar-refractivity contribution in [2.45, 2.75) is 13.5 Å². The van der Waals surface area contributed by atoms with Crippen molar-refractivity contribution in [2.75, 3.05) is 5.32 Å². The standard InChI is InChI=1S/C15H16ClN3.HI/c1-11-9-12(7-8-14(11)16)10-18-15(17)19-13-5-3-2-4-6-13;/h2-9H,10H2,1H3,(H3,17,18,19);1H. The number of halogens is 2. The van der Waals surface area contributed by atoms with Crippen LogP contribution in [0.3, 0.4) is 0 Å². The molecule has 0 spiro atoms. The molecule has 0 radical (unpaired) electrons. The summed E-state index contributed by atoms with van der Waals surface area (Å²) in [5.41, 5.74) is 8.89. The maximum absolute atomic E-state index is 5.98. The lowest BCUT2D eigenvalue weighted by molar-refractivity contribution is 1.05. The number of anilines is 1. The lowest BCUT2D eigenvalue weighted by Crippen LogP contribution is -2.22. The minimum absolute atomic E-state index is 0. The molecule has 0 amide bonds. The van der Waals surface area contributed by atoms with E-state index in [2.05, 4.69) is 10.3 Å². The number of hydrogen-bond acceptors (Lipinski definition) is 1. The third-order valence-electron chi connectivity index (χ3n) is 2.70. The first kappa shape index (κ1) is 16.8. The zero-order valence-corrected chi connectivity index (χ0v) is 14.2. The molecule has 0 bridgehead atoms. The number of aliphatic imine (C=N–C) groups is 1. The molecule has 0 saturated carbocycles. The van der Waals surface area contributed by atoms with Gasteiger partial charge in [0.2, 0.25) is 0 Å². The van der Waals surface area contributed by atoms with Crippen molar-refractivity contribution in [3.05, 3.63) is 64.7 Å². The summed E-state index contributed by atoms with van der Waals surface area (Å²) in [4.78, 5) is 4.30. The highest BCUT2D eigenvalue weighted by Gasteiger charge is 1.98. The number of para-hydroxylation sites is 1. The van der Waals surface area contributed by atoms with Crippen LogP contribution in [0.1, 0.15) is 11.1 Å². The summed E-state index contributed by atoms with van der Waals surface area (Å²) >= 11 is 5.98. The number of nitrogens with one attached hydrogen (secondary N) is 1. The van der Waals surface area contributed by atoms with Gasteiger partial charge < -0.3 is 11.1 Å². The zero-order chi connectivity index (χ0) is 13.7. The van der Waals surface area contributed by atoms with E-state index in [4.69, 9.17) is 17.3 Å². The van der Waals surface area contributed by atoms with Crippen LogP contribution in [0.5, 0.6) is 0 Å². The van der Waals surface area contributed by atoms with Gasteiger partial charge in [-0.15, -0.1) is 24.0 Å². The highest BCUT2D eigenvalue weighted by atomic mass is 127. The van der Waals surface area contributed by atoms with Crippen molar-refractivity contribution in [3.63, 3.8) is 0 Å². The molecule has 0 heterocycles. The molecule has 2 aromatic rings. The van der Waals surface area contributed by atoms with Gasteiger partial charge in [0.15, 0.2) is 5.96 Å². The number of nitrogens with two attached hydrogens (primary N) is 1. The first-order valence-electron chi connectivity index (χ1n) is 6.02. The number of benzene rings is 2. The van der Waals surface area contributed by atoms with Crippen LogP contribution in [0.4, 0.5) is 5.69 Å². The van der Waals surface area contributed by atoms with Crippen LogP contribution < -0.4 is 11.1 Å². The fourth-order valence-electron chi connectivity index (χ4n) is 1.69. The zero-order valence-electron chi connectivity index (χ0n) is 11.1. The molecule has 0 aliphatic rings. The minimum atomic E-state index is 0. The monoisotopic (exact) mass is 401 g/mol. The van der Waals surface area contributed by atoms with Gasteiger partial charge in [0, 0.05) is 10.7 Å². The first-order valence-corrected chi connectivity index (χ1v) is 6.40. The fraction of sp³-hybridized carbons (Fsp3) is 0.133. The quantitative estimate of drug-likeness (QED) is 0.460. The number of nitrogens with zero attached hydrogens (tertiary/aromatic N) is 1. The highest BCUT2D eigenvalue weighted by Crippen LogP contribution is 2.16. The summed E-state index contributed by atoms with van der Waals surface area (Å²) in [7, 11) is 0. The second-order valence-corrected chi connectivity index (χ2v) is 4.68. The molecule has 20 heavy (non-hydrogen) atoms. The van der Waals surface area contributed by atoms with Crippen LogP contribution in [0.15, 0.2) is 53.5 Å². The molecular formula is C15H17ClIN3. The van der Waals surface area contributed by atoms with Gasteiger partial charge in [0.25, 0.3) is 0 Å². The minimum Gasteiger partial charge on any atom is -0.370 e. The van der Waals surface area contributed by atoms with E-state index in [1.807, 2.05) is 55.5 Å². The molecule has 0 fully saturated rings. The molecule has 0 aliphatic heterocycles. The second-order valence-electron chi connectivity index (χ2n) is 4.28. The summed E-state index contributed by atoms with van der Waals surface area (Å²) in [5.74, 6) is 0.402. The number of rotatable bonds is 3. The molecule has 0 saturated heterocycles. The summed E-state index contributed by atoms with van der Waals surface area (Å²) in [6, 6.07) is 15.6. The lowest BCUT2D eigenvalue weighted by atomic mass is 10.1. The highest BCUT2D eigenvalue weighted by molar-refractivity contribution is 14.0. The van der Waals surface area contributed by atoms with Crippen molar-refractivity contribution in [1.82, 2.24) is 0 Å². The molecule has 106 valence electrons. The van der Waals surface area contributed by atoms with Crippen LogP contribution in [-0.2, 0) is 6.54 Å². The molecule has 0 aromatic heterocycles. The Bertz CT molecular complexity index is 585. The van der Waals surface area contributed by atoms with Crippen molar-refractivity contribution < 1.29 is 0 Å². The number of guanidine groups is 1. The Balaban J connectivity index is 0.00000200. The summed E-state index contributed by atoms with van der Waals surface area (Å²) in [6.45, 7) is 2.50. The van der Waals surface area contributed by atoms with E-state index in [1.165, 1.54) is 0 Å². The van der Waals surface area contributed by atoms with E-state index in [9.17, 15) is 0 Å². The lowest BCUT2D eigenvalue weighted by Gasteiger charge is -2.06. The van der Waals surface area contributed by atoms with Gasteiger partial charge in [0.1, 0.15) is 0 Å². The molecule has 0 unspecified atom stereocenters. The van der Waals surface area contributed by atoms with Gasteiger partial charge in [-0.3, -0.25) is 0 Å². The smallest absolute Gasteiger partial charge is 0.193 e. The first-order chi connectivity index (χ1) is 9.15. The van der Waals surface area contributed by atoms with Crippen LogP contribution in [0.2, 0.25) is 5.02 Å². The maximum Gasteiger partial charge on any atom is 0.193 e. The Kier molecular flexibility index (Phi) is 6.81. The molecule has 5 heteroatoms. The SMILES string of the molecule is Cc1cc(CN=C(N)Nc2ccccc2)ccc1Cl.I. The van der Waals surface area contributed by atoms with Crippen molar-refractivity contribution >= 4 is 47.2 Å². The van der Waals surface area contributed by atoms with Crippen molar-refractivity contribution in [2.24, 2.45) is 10.7 Å². The molecule has 0 aliphatic carbocycles. The third kappa shape index (κ3) is 5.02. The third-order valence-corrected chi connectivity index (χ3v) is 3.12. The van der Waals surface area contributed by atoms with E-state index in [1.54, 1.807) is 0 Å². The van der Waals surface area contributed by atoms with Gasteiger partial charge in [-0.1, -0.05) is 41.9 Å². The van der Waals surface area contributed by atoms with Gasteiger partial charge in [-0.2, -0.15) is 0 Å². The van der Waals surface area contributed by atoms with Crippen LogP contribution in [0.25, 0.3) is 0 Å². The average molecular weight is 402 g/mol. The summed E-state index contributed by atoms with van der Waals surface area (Å²) < 4.78 is 0. The Labute approximate surface area is 141 Å². The average Bonchev–Trinajstić information content (AvgIpc) is 2.41. The van der Waals surface area contributed by atoms with Crippen LogP contribution >= 0.6 is 35.6 Å². The molecule has 0 atom stereocenters. The summed E-state index contributed by atoms with van der Waals surface area (Å²) in [5, 5.41) is 3.81. The van der Waals surface area contributed by atoms with Gasteiger partial charge >= 0.3 is 0 Å². The molecule has 3 nitrogen and oxygen atoms in total. The Morgan fingerprint density at radius 1 is 1.20 bits per heavy atom. The fourth-order valence-corrected chi connectivity index (χ4v) is 1.81. The predicted octanol–water partition coefficient (Wildman–Crippen LogP) is 4.19. The topological polar surface area (TPSA) is 50.4 Å². The largest absolute Gasteiger partial charge is 0.370 e. The molecule has 3 N–H and O–H groups in total. The maximum atomic E-state index is 5.98. The normalized spacial score (nSPS) is 10.8. The van der Waals surface area contributed by atoms with E-state index < -0.39 is 0 Å².